The quantitative estimate of drug-likeness (QED) is 0.886. The van der Waals surface area contributed by atoms with Crippen LogP contribution in [0, 0.1) is 5.82 Å². The first-order valence-corrected chi connectivity index (χ1v) is 9.76. The van der Waals surface area contributed by atoms with Crippen molar-refractivity contribution in [3.05, 3.63) is 54.3 Å². The van der Waals surface area contributed by atoms with Crippen LogP contribution in [-0.2, 0) is 20.0 Å². The van der Waals surface area contributed by atoms with Crippen molar-refractivity contribution < 1.29 is 21.2 Å². The number of sulfonamides is 2. The molecule has 0 unspecified atom stereocenters. The largest absolute Gasteiger partial charge is 0.277 e. The first kappa shape index (κ1) is 17.2. The standard InChI is InChI=1S/C14H15FN2O4S2/c1-17(22(2,18)19)14-9-8-11(15)10-13(14)16-23(20,21)12-6-4-3-5-7-12/h3-10,16H,1-2H3. The normalized spacial score (nSPS) is 12.0. The summed E-state index contributed by atoms with van der Waals surface area (Å²) in [7, 11) is -6.35. The lowest BCUT2D eigenvalue weighted by molar-refractivity contribution is 0.597. The molecule has 0 saturated heterocycles. The summed E-state index contributed by atoms with van der Waals surface area (Å²) in [4.78, 5) is -0.0165. The lowest BCUT2D eigenvalue weighted by Gasteiger charge is -2.21. The van der Waals surface area contributed by atoms with E-state index in [1.165, 1.54) is 25.2 Å². The number of rotatable bonds is 5. The van der Waals surface area contributed by atoms with Gasteiger partial charge in [0.15, 0.2) is 0 Å². The van der Waals surface area contributed by atoms with Crippen LogP contribution in [0.1, 0.15) is 0 Å². The summed E-state index contributed by atoms with van der Waals surface area (Å²) in [5.74, 6) is -0.693. The maximum absolute atomic E-state index is 13.5. The van der Waals surface area contributed by atoms with Crippen molar-refractivity contribution >= 4 is 31.4 Å². The van der Waals surface area contributed by atoms with E-state index in [0.717, 1.165) is 22.7 Å². The fourth-order valence-electron chi connectivity index (χ4n) is 1.85. The molecule has 0 radical (unpaired) electrons. The van der Waals surface area contributed by atoms with Crippen molar-refractivity contribution in [2.24, 2.45) is 0 Å². The van der Waals surface area contributed by atoms with Crippen LogP contribution in [0.3, 0.4) is 0 Å². The van der Waals surface area contributed by atoms with Gasteiger partial charge in [-0.15, -0.1) is 0 Å². The molecule has 0 amide bonds. The molecule has 0 fully saturated rings. The number of hydrogen-bond acceptors (Lipinski definition) is 4. The summed E-state index contributed by atoms with van der Waals surface area (Å²) in [6.45, 7) is 0. The highest BCUT2D eigenvalue weighted by atomic mass is 32.2. The third kappa shape index (κ3) is 3.99. The summed E-state index contributed by atoms with van der Waals surface area (Å²) in [6, 6.07) is 10.7. The van der Waals surface area contributed by atoms with Crippen LogP contribution >= 0.6 is 0 Å². The molecule has 9 heteroatoms. The minimum Gasteiger partial charge on any atom is -0.277 e. The lowest BCUT2D eigenvalue weighted by atomic mass is 10.2. The highest BCUT2D eigenvalue weighted by Crippen LogP contribution is 2.29. The van der Waals surface area contributed by atoms with Gasteiger partial charge in [0.05, 0.1) is 22.5 Å². The molecule has 0 atom stereocenters. The number of anilines is 2. The molecule has 0 aromatic heterocycles. The molecule has 0 aliphatic carbocycles. The summed E-state index contributed by atoms with van der Waals surface area (Å²) >= 11 is 0. The molecule has 6 nitrogen and oxygen atoms in total. The Morgan fingerprint density at radius 2 is 1.61 bits per heavy atom. The average molecular weight is 358 g/mol. The highest BCUT2D eigenvalue weighted by molar-refractivity contribution is 7.93. The molecule has 0 heterocycles. The van der Waals surface area contributed by atoms with Crippen molar-refractivity contribution in [2.75, 3.05) is 22.3 Å². The van der Waals surface area contributed by atoms with Crippen molar-refractivity contribution in [3.63, 3.8) is 0 Å². The van der Waals surface area contributed by atoms with Crippen molar-refractivity contribution in [2.45, 2.75) is 4.90 Å². The second-order valence-corrected chi connectivity index (χ2v) is 8.51. The molecule has 23 heavy (non-hydrogen) atoms. The fraction of sp³-hybridized carbons (Fsp3) is 0.143. The minimum absolute atomic E-state index is 0.0165. The third-order valence-electron chi connectivity index (χ3n) is 3.09. The van der Waals surface area contributed by atoms with Crippen LogP contribution in [0.25, 0.3) is 0 Å². The average Bonchev–Trinajstić information content (AvgIpc) is 2.46. The fourth-order valence-corrected chi connectivity index (χ4v) is 3.45. The Morgan fingerprint density at radius 1 is 1.00 bits per heavy atom. The topological polar surface area (TPSA) is 83.6 Å². The molecule has 1 N–H and O–H groups in total. The highest BCUT2D eigenvalue weighted by Gasteiger charge is 2.21. The summed E-state index contributed by atoms with van der Waals surface area (Å²) in [5, 5.41) is 0. The van der Waals surface area contributed by atoms with Crippen LogP contribution in [0.4, 0.5) is 15.8 Å². The van der Waals surface area contributed by atoms with Gasteiger partial charge < -0.3 is 0 Å². The Kier molecular flexibility index (Phi) is 4.62. The summed E-state index contributed by atoms with van der Waals surface area (Å²) < 4.78 is 64.6. The number of benzene rings is 2. The molecular formula is C14H15FN2O4S2. The van der Waals surface area contributed by atoms with Crippen LogP contribution in [-0.4, -0.2) is 30.1 Å². The molecule has 2 aromatic carbocycles. The first-order valence-electron chi connectivity index (χ1n) is 6.42. The van der Waals surface area contributed by atoms with Crippen LogP contribution in [0.5, 0.6) is 0 Å². The van der Waals surface area contributed by atoms with Gasteiger partial charge in [0.2, 0.25) is 10.0 Å². The second-order valence-electron chi connectivity index (χ2n) is 4.81. The maximum Gasteiger partial charge on any atom is 0.261 e. The number of nitrogens with one attached hydrogen (secondary N) is 1. The van der Waals surface area contributed by atoms with Gasteiger partial charge in [0, 0.05) is 13.1 Å². The van der Waals surface area contributed by atoms with Crippen molar-refractivity contribution in [1.29, 1.82) is 0 Å². The number of halogens is 1. The summed E-state index contributed by atoms with van der Waals surface area (Å²) in [5.41, 5.74) is -0.143. The van der Waals surface area contributed by atoms with Gasteiger partial charge >= 0.3 is 0 Å². The Bertz CT molecular complexity index is 913. The number of nitrogens with zero attached hydrogens (tertiary/aromatic N) is 1. The van der Waals surface area contributed by atoms with Crippen molar-refractivity contribution in [1.82, 2.24) is 0 Å². The van der Waals surface area contributed by atoms with Gasteiger partial charge in [0.25, 0.3) is 10.0 Å². The van der Waals surface area contributed by atoms with Gasteiger partial charge in [-0.05, 0) is 24.3 Å². The van der Waals surface area contributed by atoms with E-state index in [0.29, 0.717) is 0 Å². The monoisotopic (exact) mass is 358 g/mol. The lowest BCUT2D eigenvalue weighted by Crippen LogP contribution is -2.26. The van der Waals surface area contributed by atoms with Crippen LogP contribution in [0.15, 0.2) is 53.4 Å². The molecular weight excluding hydrogens is 343 g/mol. The SMILES string of the molecule is CN(c1ccc(F)cc1NS(=O)(=O)c1ccccc1)S(C)(=O)=O. The van der Waals surface area contributed by atoms with Gasteiger partial charge in [0.1, 0.15) is 5.82 Å². The molecule has 0 aliphatic heterocycles. The van der Waals surface area contributed by atoms with E-state index in [1.54, 1.807) is 18.2 Å². The van der Waals surface area contributed by atoms with E-state index in [2.05, 4.69) is 4.72 Å². The van der Waals surface area contributed by atoms with Gasteiger partial charge in [-0.1, -0.05) is 18.2 Å². The Balaban J connectivity index is 2.50. The van der Waals surface area contributed by atoms with E-state index in [-0.39, 0.29) is 16.3 Å². The van der Waals surface area contributed by atoms with E-state index in [4.69, 9.17) is 0 Å². The third-order valence-corrected chi connectivity index (χ3v) is 5.67. The van der Waals surface area contributed by atoms with Gasteiger partial charge in [-0.2, -0.15) is 0 Å². The minimum atomic E-state index is -3.97. The second kappa shape index (κ2) is 6.17. The Hall–Kier alpha value is -2.13. The molecule has 2 rings (SSSR count). The van der Waals surface area contributed by atoms with E-state index in [1.807, 2.05) is 0 Å². The zero-order valence-electron chi connectivity index (χ0n) is 12.4. The predicted molar refractivity (Wildman–Crippen MR) is 86.9 cm³/mol. The predicted octanol–water partition coefficient (Wildman–Crippen LogP) is 2.02. The van der Waals surface area contributed by atoms with Gasteiger partial charge in [-0.25, -0.2) is 21.2 Å². The van der Waals surface area contributed by atoms with Crippen LogP contribution < -0.4 is 9.03 Å². The van der Waals surface area contributed by atoms with E-state index in [9.17, 15) is 21.2 Å². The Morgan fingerprint density at radius 3 is 2.17 bits per heavy atom. The molecule has 0 spiro atoms. The van der Waals surface area contributed by atoms with Crippen molar-refractivity contribution in [3.8, 4) is 0 Å². The smallest absolute Gasteiger partial charge is 0.261 e. The number of hydrogen-bond donors (Lipinski definition) is 1. The first-order chi connectivity index (χ1) is 10.6. The molecule has 0 saturated carbocycles. The zero-order valence-corrected chi connectivity index (χ0v) is 14.0. The molecule has 0 aliphatic rings. The molecule has 124 valence electrons. The molecule has 0 bridgehead atoms. The molecule has 2 aromatic rings. The zero-order chi connectivity index (χ0) is 17.3. The Labute approximate surface area is 134 Å². The van der Waals surface area contributed by atoms with Crippen LogP contribution in [0.2, 0.25) is 0 Å². The van der Waals surface area contributed by atoms with E-state index >= 15 is 0 Å². The van der Waals surface area contributed by atoms with E-state index < -0.39 is 25.9 Å². The maximum atomic E-state index is 13.5. The summed E-state index contributed by atoms with van der Waals surface area (Å²) in [6.07, 6.45) is 0.964. The van der Waals surface area contributed by atoms with Gasteiger partial charge in [-0.3, -0.25) is 9.03 Å².